The average molecular weight is 522 g/mol. The molecule has 178 valence electrons. The van der Waals surface area contributed by atoms with Crippen molar-refractivity contribution in [2.75, 3.05) is 15.2 Å². The number of halogens is 5. The zero-order valence-electron chi connectivity index (χ0n) is 16.6. The van der Waals surface area contributed by atoms with E-state index in [1.54, 1.807) is 0 Å². The first-order valence-corrected chi connectivity index (χ1v) is 12.2. The van der Waals surface area contributed by atoms with Gasteiger partial charge in [0.1, 0.15) is 11.5 Å². The number of nitrogens with zero attached hydrogens (tertiary/aromatic N) is 3. The first kappa shape index (κ1) is 25.9. The minimum atomic E-state index is -5.07. The zero-order valence-corrected chi connectivity index (χ0v) is 19.0. The predicted molar refractivity (Wildman–Crippen MR) is 109 cm³/mol. The minimum absolute atomic E-state index is 0.000286. The third-order valence-corrected chi connectivity index (χ3v) is 8.83. The molecule has 0 aliphatic rings. The zero-order chi connectivity index (χ0) is 24.8. The number of benzene rings is 1. The summed E-state index contributed by atoms with van der Waals surface area (Å²) in [6, 6.07) is 0.978. The number of sulfonamides is 2. The number of rotatable bonds is 6. The van der Waals surface area contributed by atoms with E-state index in [2.05, 4.69) is 0 Å². The van der Waals surface area contributed by atoms with E-state index in [0.717, 1.165) is 13.8 Å². The van der Waals surface area contributed by atoms with Crippen LogP contribution in [-0.4, -0.2) is 37.5 Å². The van der Waals surface area contributed by atoms with E-state index in [4.69, 9.17) is 11.6 Å². The molecule has 1 aromatic heterocycles. The molecule has 0 atom stereocenters. The molecule has 0 aliphatic carbocycles. The first-order chi connectivity index (χ1) is 14.5. The maximum Gasteiger partial charge on any atom is 0.431 e. The van der Waals surface area contributed by atoms with Gasteiger partial charge in [0.2, 0.25) is 20.0 Å². The lowest BCUT2D eigenvalue weighted by Crippen LogP contribution is -2.42. The lowest BCUT2D eigenvalue weighted by atomic mass is 10.2. The van der Waals surface area contributed by atoms with Gasteiger partial charge in [0.15, 0.2) is 0 Å². The standard InChI is InChI=1S/C16H16ClF4N3O6S2/c1-4-31(27,28)24(32(29,30)5-2)11-7-12(10(18)6-9(11)17)23-14(25)8-13(16(19,20)21)22(3)15(23)26/h6-8H,4-5H2,1-3H3. The second kappa shape index (κ2) is 8.51. The van der Waals surface area contributed by atoms with Gasteiger partial charge in [0.05, 0.1) is 27.9 Å². The molecule has 0 spiro atoms. The van der Waals surface area contributed by atoms with Gasteiger partial charge in [-0.1, -0.05) is 11.6 Å². The quantitative estimate of drug-likeness (QED) is 0.536. The van der Waals surface area contributed by atoms with Crippen molar-refractivity contribution < 1.29 is 34.4 Å². The molecule has 16 heteroatoms. The maximum absolute atomic E-state index is 14.6. The van der Waals surface area contributed by atoms with Crippen LogP contribution < -0.4 is 15.0 Å². The lowest BCUT2D eigenvalue weighted by molar-refractivity contribution is -0.144. The number of hydrogen-bond acceptors (Lipinski definition) is 6. The summed E-state index contributed by atoms with van der Waals surface area (Å²) in [5.74, 6) is -2.81. The average Bonchev–Trinajstić information content (AvgIpc) is 2.66. The van der Waals surface area contributed by atoms with Gasteiger partial charge in [-0.05, 0) is 26.0 Å². The monoisotopic (exact) mass is 521 g/mol. The Bertz CT molecular complexity index is 1360. The highest BCUT2D eigenvalue weighted by molar-refractivity contribution is 8.10. The lowest BCUT2D eigenvalue weighted by Gasteiger charge is -2.24. The molecule has 2 rings (SSSR count). The summed E-state index contributed by atoms with van der Waals surface area (Å²) in [6.45, 7) is 2.25. The topological polar surface area (TPSA) is 116 Å². The first-order valence-electron chi connectivity index (χ1n) is 8.65. The van der Waals surface area contributed by atoms with Gasteiger partial charge < -0.3 is 0 Å². The third-order valence-electron chi connectivity index (χ3n) is 4.30. The van der Waals surface area contributed by atoms with Crippen molar-refractivity contribution >= 4 is 37.3 Å². The van der Waals surface area contributed by atoms with E-state index >= 15 is 0 Å². The number of hydrogen-bond donors (Lipinski definition) is 0. The molecule has 0 bridgehead atoms. The van der Waals surface area contributed by atoms with Crippen LogP contribution in [0.25, 0.3) is 5.69 Å². The van der Waals surface area contributed by atoms with Gasteiger partial charge in [-0.2, -0.15) is 16.9 Å². The van der Waals surface area contributed by atoms with Crippen LogP contribution in [0.3, 0.4) is 0 Å². The van der Waals surface area contributed by atoms with Crippen LogP contribution in [0.5, 0.6) is 0 Å². The van der Waals surface area contributed by atoms with E-state index in [1.807, 2.05) is 0 Å². The summed E-state index contributed by atoms with van der Waals surface area (Å²) in [7, 11) is -8.42. The van der Waals surface area contributed by atoms with Gasteiger partial charge in [0, 0.05) is 13.1 Å². The number of alkyl halides is 3. The highest BCUT2D eigenvalue weighted by atomic mass is 35.5. The van der Waals surface area contributed by atoms with Gasteiger partial charge in [-0.15, -0.1) is 0 Å². The summed E-state index contributed by atoms with van der Waals surface area (Å²) in [4.78, 5) is 24.7. The van der Waals surface area contributed by atoms with Gasteiger partial charge in [0.25, 0.3) is 5.56 Å². The van der Waals surface area contributed by atoms with Gasteiger partial charge in [-0.25, -0.2) is 30.6 Å². The molecule has 1 heterocycles. The van der Waals surface area contributed by atoms with Gasteiger partial charge >= 0.3 is 11.9 Å². The van der Waals surface area contributed by atoms with Crippen LogP contribution in [0.15, 0.2) is 27.8 Å². The maximum atomic E-state index is 14.6. The van der Waals surface area contributed by atoms with Crippen LogP contribution in [0.4, 0.5) is 23.2 Å². The summed E-state index contributed by atoms with van der Waals surface area (Å²) in [5.41, 5.74) is -6.61. The SMILES string of the molecule is CCS(=O)(=O)N(c1cc(-n2c(=O)cc(C(F)(F)F)n(C)c2=O)c(F)cc1Cl)S(=O)(=O)CC. The summed E-state index contributed by atoms with van der Waals surface area (Å²) < 4.78 is 104. The Labute approximate surface area is 184 Å². The van der Waals surface area contributed by atoms with E-state index in [0.29, 0.717) is 19.2 Å². The normalized spacial score (nSPS) is 12.8. The van der Waals surface area contributed by atoms with Crippen LogP contribution in [0.2, 0.25) is 5.02 Å². The molecule has 0 saturated heterocycles. The van der Waals surface area contributed by atoms with Crippen molar-refractivity contribution in [3.05, 3.63) is 55.6 Å². The fraction of sp³-hybridized carbons (Fsp3) is 0.375. The number of aromatic nitrogens is 2. The summed E-state index contributed by atoms with van der Waals surface area (Å²) in [5, 5.41) is -0.697. The molecule has 9 nitrogen and oxygen atoms in total. The second-order valence-electron chi connectivity index (χ2n) is 6.30. The molecular formula is C16H16ClF4N3O6S2. The van der Waals surface area contributed by atoms with Crippen LogP contribution in [0.1, 0.15) is 19.5 Å². The molecule has 0 unspecified atom stereocenters. The molecule has 2 aromatic rings. The smallest absolute Gasteiger partial charge is 0.292 e. The van der Waals surface area contributed by atoms with Crippen molar-refractivity contribution in [3.63, 3.8) is 0 Å². The summed E-state index contributed by atoms with van der Waals surface area (Å²) in [6.07, 6.45) is -5.07. The molecule has 0 aliphatic heterocycles. The number of anilines is 1. The van der Waals surface area contributed by atoms with Crippen molar-refractivity contribution in [1.82, 2.24) is 9.13 Å². The van der Waals surface area contributed by atoms with Gasteiger partial charge in [-0.3, -0.25) is 9.36 Å². The highest BCUT2D eigenvalue weighted by Gasteiger charge is 2.37. The van der Waals surface area contributed by atoms with Crippen molar-refractivity contribution in [3.8, 4) is 5.69 Å². The largest absolute Gasteiger partial charge is 0.431 e. The molecule has 0 radical (unpaired) electrons. The highest BCUT2D eigenvalue weighted by Crippen LogP contribution is 2.34. The fourth-order valence-corrected chi connectivity index (χ4v) is 6.39. The van der Waals surface area contributed by atoms with E-state index in [1.165, 1.54) is 0 Å². The van der Waals surface area contributed by atoms with Crippen molar-refractivity contribution in [2.24, 2.45) is 7.05 Å². The van der Waals surface area contributed by atoms with Crippen LogP contribution in [-0.2, 0) is 33.3 Å². The Kier molecular flexibility index (Phi) is 6.88. The third kappa shape index (κ3) is 4.54. The van der Waals surface area contributed by atoms with Crippen LogP contribution >= 0.6 is 11.6 Å². The Balaban J connectivity index is 2.98. The molecule has 0 N–H and O–H groups in total. The predicted octanol–water partition coefficient (Wildman–Crippen LogP) is 1.85. The molecule has 32 heavy (non-hydrogen) atoms. The molecular weight excluding hydrogens is 506 g/mol. The Hall–Kier alpha value is -2.39. The minimum Gasteiger partial charge on any atom is -0.292 e. The second-order valence-corrected chi connectivity index (χ2v) is 11.1. The van der Waals surface area contributed by atoms with E-state index < -0.39 is 76.9 Å². The Morgan fingerprint density at radius 2 is 1.50 bits per heavy atom. The summed E-state index contributed by atoms with van der Waals surface area (Å²) >= 11 is 5.88. The fourth-order valence-electron chi connectivity index (χ4n) is 2.66. The molecule has 0 saturated carbocycles. The van der Waals surface area contributed by atoms with E-state index in [-0.39, 0.29) is 18.9 Å². The van der Waals surface area contributed by atoms with E-state index in [9.17, 15) is 44.0 Å². The Morgan fingerprint density at radius 3 is 1.94 bits per heavy atom. The van der Waals surface area contributed by atoms with Crippen molar-refractivity contribution in [1.29, 1.82) is 0 Å². The molecule has 0 fully saturated rings. The van der Waals surface area contributed by atoms with Crippen LogP contribution in [0, 0.1) is 5.82 Å². The molecule has 1 aromatic carbocycles. The van der Waals surface area contributed by atoms with Crippen molar-refractivity contribution in [2.45, 2.75) is 20.0 Å². The Morgan fingerprint density at radius 1 is 1.00 bits per heavy atom. The molecule has 0 amide bonds.